The van der Waals surface area contributed by atoms with E-state index < -0.39 is 5.95 Å². The van der Waals surface area contributed by atoms with Gasteiger partial charge in [-0.15, -0.1) is 5.10 Å². The smallest absolute Gasteiger partial charge is 0.251 e. The standard InChI is InChI=1S/C28H32FN7O3/c1-5-21(16-31-20(2)38-4)18-34-8-10-35(11-9-34)26-7-6-22(17-32-26)24-14-23(39-13-12-37-3)19-36-27(24)25(15-30)28(29)33-36/h5-7,14,16-17,19H,2,8-13,18H2,1,3-4H3/b21-5+,31-16?. The predicted molar refractivity (Wildman–Crippen MR) is 148 cm³/mol. The molecule has 3 aromatic rings. The summed E-state index contributed by atoms with van der Waals surface area (Å²) in [5.41, 5.74) is 2.68. The summed E-state index contributed by atoms with van der Waals surface area (Å²) in [6.45, 7) is 10.6. The fraction of sp³-hybridized carbons (Fsp3) is 0.357. The first-order chi connectivity index (χ1) is 19.0. The summed E-state index contributed by atoms with van der Waals surface area (Å²) in [6.07, 6.45) is 7.12. The van der Waals surface area contributed by atoms with Crippen LogP contribution in [0.3, 0.4) is 0 Å². The van der Waals surface area contributed by atoms with Gasteiger partial charge in [0, 0.05) is 63.4 Å². The van der Waals surface area contributed by atoms with Crippen molar-refractivity contribution >= 4 is 17.5 Å². The summed E-state index contributed by atoms with van der Waals surface area (Å²) in [6, 6.07) is 7.56. The first kappa shape index (κ1) is 27.8. The summed E-state index contributed by atoms with van der Waals surface area (Å²) in [4.78, 5) is 13.5. The van der Waals surface area contributed by atoms with Crippen LogP contribution in [0.1, 0.15) is 12.5 Å². The van der Waals surface area contributed by atoms with E-state index in [4.69, 9.17) is 19.2 Å². The zero-order chi connectivity index (χ0) is 27.8. The molecule has 0 unspecified atom stereocenters. The molecule has 1 aliphatic rings. The Kier molecular flexibility index (Phi) is 9.25. The number of pyridine rings is 2. The van der Waals surface area contributed by atoms with Crippen molar-refractivity contribution in [1.29, 1.82) is 5.26 Å². The van der Waals surface area contributed by atoms with Gasteiger partial charge in [-0.2, -0.15) is 9.65 Å². The molecule has 0 radical (unpaired) electrons. The summed E-state index contributed by atoms with van der Waals surface area (Å²) in [5, 5.41) is 13.4. The Morgan fingerprint density at radius 3 is 2.67 bits per heavy atom. The molecule has 0 N–H and O–H groups in total. The van der Waals surface area contributed by atoms with Crippen molar-refractivity contribution in [3.05, 3.63) is 66.2 Å². The number of methoxy groups -OCH3 is 2. The Morgan fingerprint density at radius 1 is 1.23 bits per heavy atom. The topological polar surface area (TPSA) is 101 Å². The van der Waals surface area contributed by atoms with Crippen LogP contribution >= 0.6 is 0 Å². The van der Waals surface area contributed by atoms with Crippen LogP contribution in [0.5, 0.6) is 5.75 Å². The lowest BCUT2D eigenvalue weighted by atomic mass is 10.0. The van der Waals surface area contributed by atoms with Gasteiger partial charge in [-0.3, -0.25) is 4.90 Å². The maximum absolute atomic E-state index is 14.4. The van der Waals surface area contributed by atoms with Crippen molar-refractivity contribution in [1.82, 2.24) is 19.5 Å². The van der Waals surface area contributed by atoms with E-state index in [0.29, 0.717) is 35.9 Å². The number of nitriles is 1. The van der Waals surface area contributed by atoms with Crippen molar-refractivity contribution in [3.8, 4) is 22.9 Å². The minimum Gasteiger partial charge on any atom is -0.490 e. The van der Waals surface area contributed by atoms with Crippen LogP contribution in [0.15, 0.2) is 59.7 Å². The van der Waals surface area contributed by atoms with Crippen LogP contribution in [-0.2, 0) is 9.47 Å². The molecule has 3 aromatic heterocycles. The highest BCUT2D eigenvalue weighted by Gasteiger charge is 2.21. The third-order valence-corrected chi connectivity index (χ3v) is 6.47. The van der Waals surface area contributed by atoms with Gasteiger partial charge < -0.3 is 19.1 Å². The van der Waals surface area contributed by atoms with E-state index in [1.165, 1.54) is 4.52 Å². The number of hydrogen-bond donors (Lipinski definition) is 0. The molecule has 0 atom stereocenters. The molecule has 1 aliphatic heterocycles. The van der Waals surface area contributed by atoms with E-state index >= 15 is 0 Å². The van der Waals surface area contributed by atoms with Gasteiger partial charge in [0.1, 0.15) is 29.8 Å². The number of fused-ring (bicyclic) bond motifs is 1. The lowest BCUT2D eigenvalue weighted by Crippen LogP contribution is -2.47. The van der Waals surface area contributed by atoms with Crippen LogP contribution in [0, 0.1) is 17.3 Å². The second-order valence-corrected chi connectivity index (χ2v) is 8.89. The van der Waals surface area contributed by atoms with E-state index in [9.17, 15) is 9.65 Å². The highest BCUT2D eigenvalue weighted by molar-refractivity contribution is 5.85. The van der Waals surface area contributed by atoms with Gasteiger partial charge in [0.15, 0.2) is 0 Å². The van der Waals surface area contributed by atoms with E-state index in [2.05, 4.69) is 26.5 Å². The summed E-state index contributed by atoms with van der Waals surface area (Å²) < 4.78 is 31.6. The average molecular weight is 534 g/mol. The number of hydrogen-bond acceptors (Lipinski definition) is 9. The highest BCUT2D eigenvalue weighted by Crippen LogP contribution is 2.32. The first-order valence-corrected chi connectivity index (χ1v) is 12.6. The molecule has 39 heavy (non-hydrogen) atoms. The molecule has 1 saturated heterocycles. The molecular formula is C28H32FN7O3. The number of aromatic nitrogens is 3. The normalized spacial score (nSPS) is 14.6. The Balaban J connectivity index is 1.48. The molecule has 11 heteroatoms. The van der Waals surface area contributed by atoms with Gasteiger partial charge in [0.2, 0.25) is 5.88 Å². The predicted octanol–water partition coefficient (Wildman–Crippen LogP) is 3.69. The Bertz CT molecular complexity index is 1400. The average Bonchev–Trinajstić information content (AvgIpc) is 3.29. The van der Waals surface area contributed by atoms with E-state index in [1.54, 1.807) is 38.9 Å². The fourth-order valence-electron chi connectivity index (χ4n) is 4.31. The lowest BCUT2D eigenvalue weighted by molar-refractivity contribution is 0.146. The molecule has 0 aliphatic carbocycles. The summed E-state index contributed by atoms with van der Waals surface area (Å²) in [5.74, 6) is 0.887. The van der Waals surface area contributed by atoms with Gasteiger partial charge in [0.05, 0.1) is 25.4 Å². The van der Waals surface area contributed by atoms with Gasteiger partial charge in [-0.1, -0.05) is 6.08 Å². The number of anilines is 1. The number of nitrogens with zero attached hydrogens (tertiary/aromatic N) is 7. The molecule has 0 aromatic carbocycles. The second-order valence-electron chi connectivity index (χ2n) is 8.89. The second kappa shape index (κ2) is 13.0. The molecule has 0 spiro atoms. The van der Waals surface area contributed by atoms with E-state index in [-0.39, 0.29) is 5.56 Å². The highest BCUT2D eigenvalue weighted by atomic mass is 19.1. The quantitative estimate of drug-likeness (QED) is 0.209. The van der Waals surface area contributed by atoms with Gasteiger partial charge in [-0.25, -0.2) is 14.5 Å². The summed E-state index contributed by atoms with van der Waals surface area (Å²) >= 11 is 0. The number of aliphatic imine (C=N–C) groups is 1. The lowest BCUT2D eigenvalue weighted by Gasteiger charge is -2.35. The molecule has 4 heterocycles. The van der Waals surface area contributed by atoms with E-state index in [1.807, 2.05) is 31.2 Å². The molecule has 0 bridgehead atoms. The van der Waals surface area contributed by atoms with Gasteiger partial charge in [0.25, 0.3) is 5.95 Å². The van der Waals surface area contributed by atoms with Gasteiger partial charge in [-0.05, 0) is 37.3 Å². The van der Waals surface area contributed by atoms with Crippen molar-refractivity contribution in [2.24, 2.45) is 4.99 Å². The maximum atomic E-state index is 14.4. The molecule has 4 rings (SSSR count). The largest absolute Gasteiger partial charge is 0.490 e. The fourth-order valence-corrected chi connectivity index (χ4v) is 4.31. The third kappa shape index (κ3) is 6.60. The number of ether oxygens (including phenoxy) is 3. The SMILES string of the molecule is C=C(N=C/C(=C\C)CN1CCN(c2ccc(-c3cc(OCCOC)cn4nc(F)c(C#N)c34)cn2)CC1)OC. The third-order valence-electron chi connectivity index (χ3n) is 6.47. The zero-order valence-electron chi connectivity index (χ0n) is 22.4. The molecule has 0 saturated carbocycles. The number of piperazine rings is 1. The van der Waals surface area contributed by atoms with E-state index in [0.717, 1.165) is 49.7 Å². The van der Waals surface area contributed by atoms with Crippen molar-refractivity contribution in [3.63, 3.8) is 0 Å². The first-order valence-electron chi connectivity index (χ1n) is 12.6. The Morgan fingerprint density at radius 2 is 2.03 bits per heavy atom. The zero-order valence-corrected chi connectivity index (χ0v) is 22.4. The monoisotopic (exact) mass is 533 g/mol. The molecule has 0 amide bonds. The molecule has 204 valence electrons. The minimum absolute atomic E-state index is 0.120. The van der Waals surface area contributed by atoms with Crippen LogP contribution in [0.4, 0.5) is 10.2 Å². The van der Waals surface area contributed by atoms with Crippen molar-refractivity contribution < 1.29 is 18.6 Å². The maximum Gasteiger partial charge on any atom is 0.251 e. The van der Waals surface area contributed by atoms with Crippen LogP contribution in [0.2, 0.25) is 0 Å². The molecule has 1 fully saturated rings. The van der Waals surface area contributed by atoms with Crippen LogP contribution < -0.4 is 9.64 Å². The minimum atomic E-state index is -0.828. The number of allylic oxidation sites excluding steroid dienone is 1. The van der Waals surface area contributed by atoms with Crippen molar-refractivity contribution in [2.75, 3.05) is 65.1 Å². The number of halogens is 1. The molecule has 10 nitrogen and oxygen atoms in total. The van der Waals surface area contributed by atoms with Gasteiger partial charge >= 0.3 is 0 Å². The van der Waals surface area contributed by atoms with Crippen LogP contribution in [-0.4, -0.2) is 85.9 Å². The summed E-state index contributed by atoms with van der Waals surface area (Å²) in [7, 11) is 3.13. The van der Waals surface area contributed by atoms with Crippen molar-refractivity contribution in [2.45, 2.75) is 6.92 Å². The molecular weight excluding hydrogens is 501 g/mol. The Labute approximate surface area is 227 Å². The van der Waals surface area contributed by atoms with Crippen LogP contribution in [0.25, 0.3) is 16.6 Å². The Hall–Kier alpha value is -4.27. The number of rotatable bonds is 11.